The smallest absolute Gasteiger partial charge is 0.150 e. The van der Waals surface area contributed by atoms with Crippen LogP contribution in [-0.4, -0.2) is 45.2 Å². The van der Waals surface area contributed by atoms with Crippen molar-refractivity contribution >= 4 is 17.9 Å². The van der Waals surface area contributed by atoms with Gasteiger partial charge in [-0.05, 0) is 37.1 Å². The van der Waals surface area contributed by atoms with Crippen molar-refractivity contribution in [3.63, 3.8) is 0 Å². The first-order chi connectivity index (χ1) is 10.9. The highest BCUT2D eigenvalue weighted by Crippen LogP contribution is 2.10. The minimum Gasteiger partial charge on any atom is -0.491 e. The highest BCUT2D eigenvalue weighted by atomic mass is 35.5. The Labute approximate surface area is 137 Å². The lowest BCUT2D eigenvalue weighted by molar-refractivity contribution is 0.0352. The monoisotopic (exact) mass is 328 g/mol. The minimum atomic E-state index is 0.485. The lowest BCUT2D eigenvalue weighted by atomic mass is 10.2. The van der Waals surface area contributed by atoms with Gasteiger partial charge in [0.1, 0.15) is 18.6 Å². The molecule has 0 saturated heterocycles. The van der Waals surface area contributed by atoms with E-state index in [0.717, 1.165) is 37.4 Å². The number of carbonyl (C=O) groups is 1. The number of unbranched alkanes of at least 4 members (excludes halogenated alkanes) is 3. The minimum absolute atomic E-state index is 0.485. The summed E-state index contributed by atoms with van der Waals surface area (Å²) in [4.78, 5) is 10.5. The maximum atomic E-state index is 10.5. The van der Waals surface area contributed by atoms with Crippen molar-refractivity contribution in [2.75, 3.05) is 38.9 Å². The highest BCUT2D eigenvalue weighted by molar-refractivity contribution is 6.17. The quantitative estimate of drug-likeness (QED) is 0.297. The van der Waals surface area contributed by atoms with Crippen molar-refractivity contribution < 1.29 is 19.0 Å². The highest BCUT2D eigenvalue weighted by Gasteiger charge is 1.95. The Morgan fingerprint density at radius 1 is 0.818 bits per heavy atom. The predicted octanol–water partition coefficient (Wildman–Crippen LogP) is 3.71. The van der Waals surface area contributed by atoms with Gasteiger partial charge in [0.25, 0.3) is 0 Å². The Kier molecular flexibility index (Phi) is 11.7. The Morgan fingerprint density at radius 3 is 2.14 bits per heavy atom. The number of ether oxygens (including phenoxy) is 3. The molecule has 4 nitrogen and oxygen atoms in total. The van der Waals surface area contributed by atoms with Gasteiger partial charge in [0.05, 0.1) is 19.8 Å². The van der Waals surface area contributed by atoms with Crippen LogP contribution in [0.1, 0.15) is 36.0 Å². The van der Waals surface area contributed by atoms with E-state index >= 15 is 0 Å². The molecule has 0 atom stereocenters. The van der Waals surface area contributed by atoms with Crippen LogP contribution in [0.5, 0.6) is 5.75 Å². The molecular formula is C17H25ClO4. The second kappa shape index (κ2) is 13.6. The number of carbonyl (C=O) groups excluding carboxylic acids is 1. The standard InChI is InChI=1S/C17H25ClO4/c18-9-3-1-2-4-10-20-11-12-21-13-14-22-17-7-5-16(15-19)6-8-17/h5-8,15H,1-4,9-14H2. The van der Waals surface area contributed by atoms with Gasteiger partial charge in [0.2, 0.25) is 0 Å². The van der Waals surface area contributed by atoms with Crippen LogP contribution in [-0.2, 0) is 9.47 Å². The van der Waals surface area contributed by atoms with E-state index in [4.69, 9.17) is 25.8 Å². The van der Waals surface area contributed by atoms with Crippen molar-refractivity contribution in [3.05, 3.63) is 29.8 Å². The van der Waals surface area contributed by atoms with E-state index in [2.05, 4.69) is 0 Å². The lowest BCUT2D eigenvalue weighted by Crippen LogP contribution is -2.11. The Hall–Kier alpha value is -1.10. The summed E-state index contributed by atoms with van der Waals surface area (Å²) in [5, 5.41) is 0. The number of hydrogen-bond donors (Lipinski definition) is 0. The average molecular weight is 329 g/mol. The molecule has 124 valence electrons. The van der Waals surface area contributed by atoms with Crippen LogP contribution in [0.3, 0.4) is 0 Å². The molecule has 0 N–H and O–H groups in total. The fraction of sp³-hybridized carbons (Fsp3) is 0.588. The third kappa shape index (κ3) is 9.77. The van der Waals surface area contributed by atoms with Crippen LogP contribution in [0.2, 0.25) is 0 Å². The van der Waals surface area contributed by atoms with Gasteiger partial charge < -0.3 is 14.2 Å². The van der Waals surface area contributed by atoms with Crippen LogP contribution in [0.25, 0.3) is 0 Å². The van der Waals surface area contributed by atoms with Gasteiger partial charge in [0.15, 0.2) is 0 Å². The van der Waals surface area contributed by atoms with E-state index in [1.165, 1.54) is 12.8 Å². The largest absolute Gasteiger partial charge is 0.491 e. The second-order valence-corrected chi connectivity index (χ2v) is 5.24. The number of aldehydes is 1. The zero-order valence-electron chi connectivity index (χ0n) is 13.0. The Morgan fingerprint density at radius 2 is 1.45 bits per heavy atom. The molecule has 0 aromatic heterocycles. The first-order valence-electron chi connectivity index (χ1n) is 7.76. The SMILES string of the molecule is O=Cc1ccc(OCCOCCOCCCCCCCl)cc1. The number of halogens is 1. The molecule has 0 unspecified atom stereocenters. The molecular weight excluding hydrogens is 304 g/mol. The molecule has 22 heavy (non-hydrogen) atoms. The molecule has 1 rings (SSSR count). The first-order valence-corrected chi connectivity index (χ1v) is 8.30. The summed E-state index contributed by atoms with van der Waals surface area (Å²) in [6.07, 6.45) is 5.32. The van der Waals surface area contributed by atoms with Gasteiger partial charge in [-0.1, -0.05) is 12.8 Å². The van der Waals surface area contributed by atoms with Gasteiger partial charge in [-0.25, -0.2) is 0 Å². The maximum absolute atomic E-state index is 10.5. The first kappa shape index (κ1) is 18.9. The van der Waals surface area contributed by atoms with Crippen molar-refractivity contribution in [1.29, 1.82) is 0 Å². The van der Waals surface area contributed by atoms with Crippen LogP contribution in [0.4, 0.5) is 0 Å². The predicted molar refractivity (Wildman–Crippen MR) is 88.2 cm³/mol. The summed E-state index contributed by atoms with van der Waals surface area (Å²) in [5.74, 6) is 1.49. The molecule has 1 aromatic carbocycles. The van der Waals surface area contributed by atoms with Crippen LogP contribution >= 0.6 is 11.6 Å². The molecule has 0 aliphatic rings. The summed E-state index contributed by atoms with van der Waals surface area (Å²) < 4.78 is 16.4. The van der Waals surface area contributed by atoms with E-state index in [0.29, 0.717) is 32.0 Å². The summed E-state index contributed by atoms with van der Waals surface area (Å²) in [6, 6.07) is 7.00. The number of hydrogen-bond acceptors (Lipinski definition) is 4. The normalized spacial score (nSPS) is 10.6. The van der Waals surface area contributed by atoms with E-state index in [-0.39, 0.29) is 0 Å². The maximum Gasteiger partial charge on any atom is 0.150 e. The third-order valence-electron chi connectivity index (χ3n) is 3.06. The third-order valence-corrected chi connectivity index (χ3v) is 3.32. The molecule has 0 bridgehead atoms. The van der Waals surface area contributed by atoms with Gasteiger partial charge in [-0.2, -0.15) is 0 Å². The van der Waals surface area contributed by atoms with Gasteiger partial charge in [-0.15, -0.1) is 11.6 Å². The average Bonchev–Trinajstić information content (AvgIpc) is 2.56. The van der Waals surface area contributed by atoms with Gasteiger partial charge in [-0.3, -0.25) is 4.79 Å². The molecule has 5 heteroatoms. The Bertz CT molecular complexity index is 381. The van der Waals surface area contributed by atoms with E-state index < -0.39 is 0 Å². The molecule has 0 spiro atoms. The summed E-state index contributed by atoms with van der Waals surface area (Å²) >= 11 is 5.61. The van der Waals surface area contributed by atoms with E-state index in [1.807, 2.05) is 0 Å². The molecule has 1 aromatic rings. The molecule has 0 aliphatic carbocycles. The fourth-order valence-corrected chi connectivity index (χ4v) is 2.02. The lowest BCUT2D eigenvalue weighted by Gasteiger charge is -2.08. The molecule has 0 heterocycles. The number of benzene rings is 1. The van der Waals surface area contributed by atoms with Crippen LogP contribution in [0, 0.1) is 0 Å². The van der Waals surface area contributed by atoms with E-state index in [1.54, 1.807) is 24.3 Å². The van der Waals surface area contributed by atoms with Crippen molar-refractivity contribution in [2.45, 2.75) is 25.7 Å². The second-order valence-electron chi connectivity index (χ2n) is 4.86. The fourth-order valence-electron chi connectivity index (χ4n) is 1.84. The zero-order chi connectivity index (χ0) is 15.9. The zero-order valence-corrected chi connectivity index (χ0v) is 13.7. The van der Waals surface area contributed by atoms with Gasteiger partial charge in [0, 0.05) is 18.1 Å². The topological polar surface area (TPSA) is 44.8 Å². The van der Waals surface area contributed by atoms with Crippen molar-refractivity contribution in [3.8, 4) is 5.75 Å². The van der Waals surface area contributed by atoms with Crippen molar-refractivity contribution in [2.24, 2.45) is 0 Å². The molecule has 0 radical (unpaired) electrons. The van der Waals surface area contributed by atoms with Crippen LogP contribution < -0.4 is 4.74 Å². The molecule has 0 fully saturated rings. The van der Waals surface area contributed by atoms with Crippen LogP contribution in [0.15, 0.2) is 24.3 Å². The number of alkyl halides is 1. The summed E-state index contributed by atoms with van der Waals surface area (Å²) in [6.45, 7) is 2.98. The van der Waals surface area contributed by atoms with Crippen molar-refractivity contribution in [1.82, 2.24) is 0 Å². The number of rotatable bonds is 14. The van der Waals surface area contributed by atoms with E-state index in [9.17, 15) is 4.79 Å². The molecule has 0 amide bonds. The summed E-state index contributed by atoms with van der Waals surface area (Å²) in [5.41, 5.74) is 0.642. The van der Waals surface area contributed by atoms with Gasteiger partial charge >= 0.3 is 0 Å². The summed E-state index contributed by atoms with van der Waals surface area (Å²) in [7, 11) is 0. The Balaban J connectivity index is 1.86. The molecule has 0 aliphatic heterocycles. The molecule has 0 saturated carbocycles.